The van der Waals surface area contributed by atoms with Crippen molar-refractivity contribution in [3.63, 3.8) is 0 Å². The quantitative estimate of drug-likeness (QED) is 0.801. The minimum absolute atomic E-state index is 0.103. The molecule has 0 saturated carbocycles. The predicted octanol–water partition coefficient (Wildman–Crippen LogP) is 2.85. The van der Waals surface area contributed by atoms with E-state index < -0.39 is 0 Å². The summed E-state index contributed by atoms with van der Waals surface area (Å²) in [7, 11) is 0. The topological polar surface area (TPSA) is 32.8 Å². The summed E-state index contributed by atoms with van der Waals surface area (Å²) in [5, 5.41) is 0. The molecule has 0 radical (unpaired) electrons. The van der Waals surface area contributed by atoms with E-state index in [0.29, 0.717) is 6.42 Å². The Kier molecular flexibility index (Phi) is 5.46. The lowest BCUT2D eigenvalue weighted by Crippen LogP contribution is -2.47. The van der Waals surface area contributed by atoms with Gasteiger partial charge in [0.05, 0.1) is 6.42 Å². The van der Waals surface area contributed by atoms with Crippen LogP contribution in [0.25, 0.3) is 0 Å². The highest BCUT2D eigenvalue weighted by Gasteiger charge is 2.20. The first kappa shape index (κ1) is 16.8. The Morgan fingerprint density at radius 1 is 1.14 bits per heavy atom. The fourth-order valence-electron chi connectivity index (χ4n) is 2.77. The molecule has 0 aliphatic carbocycles. The number of anilines is 1. The highest BCUT2D eigenvalue weighted by atomic mass is 16.6. The number of esters is 1. The third kappa shape index (κ3) is 5.02. The number of benzene rings is 1. The second-order valence-electron chi connectivity index (χ2n) is 6.95. The van der Waals surface area contributed by atoms with Crippen molar-refractivity contribution in [2.45, 2.75) is 39.7 Å². The summed E-state index contributed by atoms with van der Waals surface area (Å²) in [6.07, 6.45) is 0.474. The van der Waals surface area contributed by atoms with Gasteiger partial charge in [-0.2, -0.15) is 0 Å². The number of hydrogen-bond donors (Lipinski definition) is 0. The smallest absolute Gasteiger partial charge is 0.307 e. The Morgan fingerprint density at radius 3 is 2.36 bits per heavy atom. The zero-order chi connectivity index (χ0) is 16.2. The van der Waals surface area contributed by atoms with Crippen LogP contribution in [0.3, 0.4) is 0 Å². The van der Waals surface area contributed by atoms with E-state index in [-0.39, 0.29) is 11.6 Å². The second kappa shape index (κ2) is 7.14. The van der Waals surface area contributed by atoms with Gasteiger partial charge in [0.15, 0.2) is 0 Å². The predicted molar refractivity (Wildman–Crippen MR) is 90.3 cm³/mol. The van der Waals surface area contributed by atoms with Gasteiger partial charge in [-0.05, 0) is 39.3 Å². The molecule has 1 aromatic carbocycles. The number of rotatable bonds is 4. The van der Waals surface area contributed by atoms with Crippen LogP contribution < -0.4 is 4.90 Å². The fourth-order valence-corrected chi connectivity index (χ4v) is 2.77. The zero-order valence-electron chi connectivity index (χ0n) is 14.3. The molecule has 0 unspecified atom stereocenters. The molecule has 0 amide bonds. The van der Waals surface area contributed by atoms with Crippen molar-refractivity contribution >= 4 is 11.7 Å². The molecule has 0 atom stereocenters. The molecule has 0 spiro atoms. The average molecular weight is 304 g/mol. The van der Waals surface area contributed by atoms with Crippen LogP contribution in [0.5, 0.6) is 0 Å². The molecule has 0 N–H and O–H groups in total. The van der Waals surface area contributed by atoms with Gasteiger partial charge < -0.3 is 9.64 Å². The Labute approximate surface area is 134 Å². The lowest BCUT2D eigenvalue weighted by atomic mass is 10.1. The highest BCUT2D eigenvalue weighted by Crippen LogP contribution is 2.20. The van der Waals surface area contributed by atoms with Crippen molar-refractivity contribution in [3.8, 4) is 0 Å². The van der Waals surface area contributed by atoms with Gasteiger partial charge in [-0.3, -0.25) is 9.69 Å². The summed E-state index contributed by atoms with van der Waals surface area (Å²) in [4.78, 5) is 16.5. The van der Waals surface area contributed by atoms with Crippen molar-refractivity contribution in [1.82, 2.24) is 4.90 Å². The van der Waals surface area contributed by atoms with Crippen LogP contribution in [-0.2, 0) is 9.53 Å². The van der Waals surface area contributed by atoms with Crippen molar-refractivity contribution < 1.29 is 9.53 Å². The van der Waals surface area contributed by atoms with E-state index in [1.54, 1.807) is 0 Å². The molecular formula is C18H28N2O2. The summed E-state index contributed by atoms with van der Waals surface area (Å²) < 4.78 is 5.36. The van der Waals surface area contributed by atoms with E-state index in [2.05, 4.69) is 41.0 Å². The third-order valence-corrected chi connectivity index (χ3v) is 3.88. The van der Waals surface area contributed by atoms with E-state index >= 15 is 0 Å². The minimum atomic E-state index is -0.388. The standard InChI is InChI=1S/C18H28N2O2/c1-15-7-5-6-8-16(15)20-13-11-19(12-14-20)10-9-17(21)22-18(2,3)4/h5-8H,9-14H2,1-4H3. The monoisotopic (exact) mass is 304 g/mol. The highest BCUT2D eigenvalue weighted by molar-refractivity contribution is 5.70. The Morgan fingerprint density at radius 2 is 1.77 bits per heavy atom. The molecular weight excluding hydrogens is 276 g/mol. The van der Waals surface area contributed by atoms with E-state index in [4.69, 9.17) is 4.74 Å². The van der Waals surface area contributed by atoms with E-state index in [1.807, 2.05) is 20.8 Å². The van der Waals surface area contributed by atoms with Gasteiger partial charge in [0.2, 0.25) is 0 Å². The van der Waals surface area contributed by atoms with Gasteiger partial charge in [-0.1, -0.05) is 18.2 Å². The molecule has 122 valence electrons. The number of nitrogens with zero attached hydrogens (tertiary/aromatic N) is 2. The van der Waals surface area contributed by atoms with Crippen LogP contribution in [0.1, 0.15) is 32.8 Å². The van der Waals surface area contributed by atoms with Crippen molar-refractivity contribution in [1.29, 1.82) is 0 Å². The first-order valence-electron chi connectivity index (χ1n) is 8.10. The number of para-hydroxylation sites is 1. The summed E-state index contributed by atoms with van der Waals surface area (Å²) in [5.41, 5.74) is 2.26. The first-order valence-corrected chi connectivity index (χ1v) is 8.10. The number of hydrogen-bond acceptors (Lipinski definition) is 4. The normalized spacial score (nSPS) is 16.6. The molecule has 0 bridgehead atoms. The maximum Gasteiger partial charge on any atom is 0.307 e. The van der Waals surface area contributed by atoms with Crippen LogP contribution in [0.2, 0.25) is 0 Å². The van der Waals surface area contributed by atoms with E-state index in [0.717, 1.165) is 32.7 Å². The maximum absolute atomic E-state index is 11.8. The number of piperazine rings is 1. The van der Waals surface area contributed by atoms with Crippen molar-refractivity contribution in [2.75, 3.05) is 37.6 Å². The van der Waals surface area contributed by atoms with Crippen LogP contribution in [0, 0.1) is 6.92 Å². The Bertz CT molecular complexity index is 500. The molecule has 2 rings (SSSR count). The van der Waals surface area contributed by atoms with Crippen LogP contribution >= 0.6 is 0 Å². The summed E-state index contributed by atoms with van der Waals surface area (Å²) in [6, 6.07) is 8.52. The van der Waals surface area contributed by atoms with Gasteiger partial charge in [-0.15, -0.1) is 0 Å². The maximum atomic E-state index is 11.8. The third-order valence-electron chi connectivity index (χ3n) is 3.88. The summed E-state index contributed by atoms with van der Waals surface area (Å²) in [5.74, 6) is -0.103. The Hall–Kier alpha value is -1.55. The zero-order valence-corrected chi connectivity index (χ0v) is 14.3. The molecule has 1 heterocycles. The van der Waals surface area contributed by atoms with Gasteiger partial charge in [0.25, 0.3) is 0 Å². The molecule has 4 heteroatoms. The van der Waals surface area contributed by atoms with Gasteiger partial charge in [0, 0.05) is 38.4 Å². The molecule has 1 aromatic rings. The SMILES string of the molecule is Cc1ccccc1N1CCN(CCC(=O)OC(C)(C)C)CC1. The van der Waals surface area contributed by atoms with Gasteiger partial charge >= 0.3 is 5.97 Å². The lowest BCUT2D eigenvalue weighted by molar-refractivity contribution is -0.155. The minimum Gasteiger partial charge on any atom is -0.460 e. The number of carbonyl (C=O) groups is 1. The van der Waals surface area contributed by atoms with Crippen LogP contribution in [0.15, 0.2) is 24.3 Å². The summed E-state index contributed by atoms with van der Waals surface area (Å²) >= 11 is 0. The van der Waals surface area contributed by atoms with Crippen LogP contribution in [-0.4, -0.2) is 49.2 Å². The number of aryl methyl sites for hydroxylation is 1. The second-order valence-corrected chi connectivity index (χ2v) is 6.95. The number of carbonyl (C=O) groups excluding carboxylic acids is 1. The molecule has 1 saturated heterocycles. The molecule has 1 fully saturated rings. The van der Waals surface area contributed by atoms with Crippen molar-refractivity contribution in [2.24, 2.45) is 0 Å². The fraction of sp³-hybridized carbons (Fsp3) is 0.611. The average Bonchev–Trinajstić information content (AvgIpc) is 2.45. The summed E-state index contributed by atoms with van der Waals surface area (Å²) in [6.45, 7) is 12.7. The lowest BCUT2D eigenvalue weighted by Gasteiger charge is -2.36. The Balaban J connectivity index is 1.76. The molecule has 1 aliphatic rings. The van der Waals surface area contributed by atoms with E-state index in [1.165, 1.54) is 11.3 Å². The molecule has 1 aliphatic heterocycles. The molecule has 22 heavy (non-hydrogen) atoms. The van der Waals surface area contributed by atoms with Gasteiger partial charge in [-0.25, -0.2) is 0 Å². The molecule has 0 aromatic heterocycles. The van der Waals surface area contributed by atoms with Gasteiger partial charge in [0.1, 0.15) is 5.60 Å². The van der Waals surface area contributed by atoms with Crippen LogP contribution in [0.4, 0.5) is 5.69 Å². The van der Waals surface area contributed by atoms with Crippen molar-refractivity contribution in [3.05, 3.63) is 29.8 Å². The molecule has 4 nitrogen and oxygen atoms in total. The number of ether oxygens (including phenoxy) is 1. The largest absolute Gasteiger partial charge is 0.460 e. The first-order chi connectivity index (χ1) is 10.3. The van der Waals surface area contributed by atoms with E-state index in [9.17, 15) is 4.79 Å².